The van der Waals surface area contributed by atoms with Gasteiger partial charge in [0.05, 0.1) is 0 Å². The second kappa shape index (κ2) is 3.85. The summed E-state index contributed by atoms with van der Waals surface area (Å²) < 4.78 is 0. The van der Waals surface area contributed by atoms with Crippen molar-refractivity contribution in [3.05, 3.63) is 24.8 Å². The summed E-state index contributed by atoms with van der Waals surface area (Å²) in [5, 5.41) is 0. The fourth-order valence-electron chi connectivity index (χ4n) is 0.225. The summed E-state index contributed by atoms with van der Waals surface area (Å²) in [6.07, 6.45) is 5.66. The van der Waals surface area contributed by atoms with Gasteiger partial charge in [-0.05, 0) is 0 Å². The molecule has 1 aromatic heterocycles. The summed E-state index contributed by atoms with van der Waals surface area (Å²) in [6.45, 7) is 0. The topological polar surface area (TPSA) is 25.8 Å². The molecule has 0 spiro atoms. The van der Waals surface area contributed by atoms with Crippen LogP contribution in [0.1, 0.15) is 0 Å². The van der Waals surface area contributed by atoms with Gasteiger partial charge in [0.25, 0.3) is 0 Å². The van der Waals surface area contributed by atoms with Gasteiger partial charge in [0.1, 0.15) is 0 Å². The average molecular weight is 86.0 g/mol. The zero-order valence-electron chi connectivity index (χ0n) is 4.13. The standard InChI is InChI=1S/C4H3N2.Li/c1-2-5-4-6-3-1;/h1-3H;/q-1;+1. The van der Waals surface area contributed by atoms with E-state index < -0.39 is 0 Å². The van der Waals surface area contributed by atoms with Gasteiger partial charge in [-0.15, -0.1) is 6.07 Å². The minimum Gasteiger partial charge on any atom is -0.374 e. The van der Waals surface area contributed by atoms with Gasteiger partial charge >= 0.3 is 18.9 Å². The third-order valence-electron chi connectivity index (χ3n) is 0.437. The first kappa shape index (κ1) is 6.68. The smallest absolute Gasteiger partial charge is 0.374 e. The molecule has 1 aromatic rings. The second-order valence-electron chi connectivity index (χ2n) is 0.849. The Morgan fingerprint density at radius 2 is 1.71 bits per heavy atom. The Labute approximate surface area is 54.2 Å². The molecule has 0 saturated heterocycles. The number of aromatic nitrogens is 2. The molecule has 2 nitrogen and oxygen atoms in total. The second-order valence-corrected chi connectivity index (χ2v) is 0.849. The quantitative estimate of drug-likeness (QED) is 0.253. The van der Waals surface area contributed by atoms with Gasteiger partial charge in [-0.2, -0.15) is 0 Å². The van der Waals surface area contributed by atoms with Crippen molar-refractivity contribution in [2.45, 2.75) is 0 Å². The van der Waals surface area contributed by atoms with Crippen LogP contribution in [-0.2, 0) is 0 Å². The van der Waals surface area contributed by atoms with Crippen LogP contribution in [-0.4, -0.2) is 9.97 Å². The van der Waals surface area contributed by atoms with Gasteiger partial charge in [-0.1, -0.05) is 12.4 Å². The van der Waals surface area contributed by atoms with E-state index in [1.807, 2.05) is 0 Å². The van der Waals surface area contributed by atoms with Crippen molar-refractivity contribution in [1.82, 2.24) is 9.97 Å². The van der Waals surface area contributed by atoms with E-state index >= 15 is 0 Å². The third kappa shape index (κ3) is 2.38. The third-order valence-corrected chi connectivity index (χ3v) is 0.437. The van der Waals surface area contributed by atoms with E-state index in [4.69, 9.17) is 0 Å². The summed E-state index contributed by atoms with van der Waals surface area (Å²) in [4.78, 5) is 7.10. The van der Waals surface area contributed by atoms with Crippen LogP contribution in [0.2, 0.25) is 0 Å². The Balaban J connectivity index is 0.000000360. The van der Waals surface area contributed by atoms with E-state index in [9.17, 15) is 0 Å². The predicted molar refractivity (Wildman–Crippen MR) is 20.9 cm³/mol. The summed E-state index contributed by atoms with van der Waals surface area (Å²) >= 11 is 0. The van der Waals surface area contributed by atoms with Crippen molar-refractivity contribution in [1.29, 1.82) is 0 Å². The molecule has 0 unspecified atom stereocenters. The fraction of sp³-hybridized carbons (Fsp3) is 0. The number of hydrogen-bond acceptors (Lipinski definition) is 2. The molecule has 0 aliphatic rings. The zero-order valence-corrected chi connectivity index (χ0v) is 4.13. The Morgan fingerprint density at radius 1 is 1.14 bits per heavy atom. The predicted octanol–water partition coefficient (Wildman–Crippen LogP) is -2.72. The van der Waals surface area contributed by atoms with Gasteiger partial charge in [0.2, 0.25) is 0 Å². The molecule has 1 rings (SSSR count). The Hall–Kier alpha value is -0.323. The maximum atomic E-state index is 3.55. The maximum Gasteiger partial charge on any atom is 1.00 e. The molecular weight excluding hydrogens is 83.0 g/mol. The van der Waals surface area contributed by atoms with Crippen molar-refractivity contribution in [3.8, 4) is 0 Å². The van der Waals surface area contributed by atoms with Crippen LogP contribution in [0.5, 0.6) is 0 Å². The number of hydrogen-bond donors (Lipinski definition) is 0. The minimum absolute atomic E-state index is 0. The van der Waals surface area contributed by atoms with Crippen LogP contribution in [0.25, 0.3) is 0 Å². The van der Waals surface area contributed by atoms with Gasteiger partial charge in [-0.3, -0.25) is 0 Å². The normalized spacial score (nSPS) is 6.86. The summed E-state index contributed by atoms with van der Waals surface area (Å²) in [5.74, 6) is 0. The van der Waals surface area contributed by atoms with E-state index in [1.165, 1.54) is 0 Å². The van der Waals surface area contributed by atoms with E-state index in [-0.39, 0.29) is 18.9 Å². The molecule has 3 heteroatoms. The number of nitrogens with zero attached hydrogens (tertiary/aromatic N) is 2. The van der Waals surface area contributed by atoms with Gasteiger partial charge in [0, 0.05) is 6.33 Å². The molecule has 0 atom stereocenters. The van der Waals surface area contributed by atoms with E-state index in [0.717, 1.165) is 0 Å². The monoisotopic (exact) mass is 86.0 g/mol. The van der Waals surface area contributed by atoms with Crippen molar-refractivity contribution in [3.63, 3.8) is 0 Å². The molecule has 7 heavy (non-hydrogen) atoms. The summed E-state index contributed by atoms with van der Waals surface area (Å²) in [6, 6.07) is 1.75. The first-order valence-electron chi connectivity index (χ1n) is 1.63. The summed E-state index contributed by atoms with van der Waals surface area (Å²) in [5.41, 5.74) is 0. The molecule has 0 bridgehead atoms. The molecule has 0 aliphatic heterocycles. The van der Waals surface area contributed by atoms with Crippen LogP contribution in [0.3, 0.4) is 0 Å². The molecule has 0 aromatic carbocycles. The molecule has 1 heterocycles. The molecule has 0 saturated carbocycles. The molecule has 30 valence electrons. The van der Waals surface area contributed by atoms with Gasteiger partial charge < -0.3 is 9.97 Å². The molecule has 0 N–H and O–H groups in total. The SMILES string of the molecule is [Li+].[c-]1ncccn1. The largest absolute Gasteiger partial charge is 1.00 e. The minimum atomic E-state index is 0. The molecular formula is C4H3LiN2. The maximum absolute atomic E-state index is 3.55. The van der Waals surface area contributed by atoms with Crippen LogP contribution in [0.15, 0.2) is 18.5 Å². The van der Waals surface area contributed by atoms with Crippen molar-refractivity contribution in [2.24, 2.45) is 0 Å². The molecule has 0 amide bonds. The van der Waals surface area contributed by atoms with E-state index in [2.05, 4.69) is 16.3 Å². The van der Waals surface area contributed by atoms with Gasteiger partial charge in [-0.25, -0.2) is 0 Å². The molecule has 0 aliphatic carbocycles. The van der Waals surface area contributed by atoms with Crippen LogP contribution < -0.4 is 18.9 Å². The average Bonchev–Trinajstić information content (AvgIpc) is 1.72. The zero-order chi connectivity index (χ0) is 4.24. The Kier molecular flexibility index (Phi) is 3.68. The first-order chi connectivity index (χ1) is 3.00. The Bertz CT molecular complexity index is 81.6. The summed E-state index contributed by atoms with van der Waals surface area (Å²) in [7, 11) is 0. The van der Waals surface area contributed by atoms with Crippen LogP contribution in [0, 0.1) is 6.33 Å². The van der Waals surface area contributed by atoms with Crippen LogP contribution in [0.4, 0.5) is 0 Å². The Morgan fingerprint density at radius 3 is 1.86 bits per heavy atom. The molecule has 0 fully saturated rings. The van der Waals surface area contributed by atoms with E-state index in [0.29, 0.717) is 0 Å². The fourth-order valence-corrected chi connectivity index (χ4v) is 0.225. The van der Waals surface area contributed by atoms with Crippen molar-refractivity contribution in [2.75, 3.05) is 0 Å². The van der Waals surface area contributed by atoms with Crippen molar-refractivity contribution >= 4 is 0 Å². The number of rotatable bonds is 0. The van der Waals surface area contributed by atoms with Crippen molar-refractivity contribution < 1.29 is 18.9 Å². The van der Waals surface area contributed by atoms with E-state index in [1.54, 1.807) is 18.5 Å². The van der Waals surface area contributed by atoms with Crippen LogP contribution >= 0.6 is 0 Å². The first-order valence-corrected chi connectivity index (χ1v) is 1.63. The molecule has 0 radical (unpaired) electrons. The van der Waals surface area contributed by atoms with Gasteiger partial charge in [0.15, 0.2) is 0 Å².